The third-order valence-corrected chi connectivity index (χ3v) is 3.89. The first kappa shape index (κ1) is 17.1. The van der Waals surface area contributed by atoms with Gasteiger partial charge in [0.2, 0.25) is 5.91 Å². The number of rotatable bonds is 6. The van der Waals surface area contributed by atoms with Crippen LogP contribution in [0.3, 0.4) is 0 Å². The first-order chi connectivity index (χ1) is 11.0. The van der Waals surface area contributed by atoms with Crippen LogP contribution < -0.4 is 10.6 Å². The van der Waals surface area contributed by atoms with Gasteiger partial charge in [0.1, 0.15) is 0 Å². The number of para-hydroxylation sites is 1. The van der Waals surface area contributed by atoms with Crippen LogP contribution in [0.25, 0.3) is 0 Å². The Morgan fingerprint density at radius 3 is 2.17 bits per heavy atom. The minimum Gasteiger partial charge on any atom is -0.376 e. The molecule has 0 aliphatic rings. The van der Waals surface area contributed by atoms with Crippen LogP contribution in [-0.4, -0.2) is 12.5 Å². The van der Waals surface area contributed by atoms with Crippen LogP contribution >= 0.6 is 0 Å². The van der Waals surface area contributed by atoms with Crippen molar-refractivity contribution in [2.24, 2.45) is 0 Å². The number of nitrogens with one attached hydrogen (secondary N) is 2. The van der Waals surface area contributed by atoms with Gasteiger partial charge in [-0.25, -0.2) is 0 Å². The van der Waals surface area contributed by atoms with Gasteiger partial charge in [-0.05, 0) is 41.2 Å². The Balaban J connectivity index is 1.93. The molecule has 0 spiro atoms. The van der Waals surface area contributed by atoms with Crippen LogP contribution in [-0.2, 0) is 4.79 Å². The van der Waals surface area contributed by atoms with Crippen molar-refractivity contribution in [2.75, 3.05) is 17.2 Å². The van der Waals surface area contributed by atoms with E-state index < -0.39 is 0 Å². The van der Waals surface area contributed by atoms with Crippen molar-refractivity contribution in [3.8, 4) is 0 Å². The van der Waals surface area contributed by atoms with Crippen molar-refractivity contribution >= 4 is 17.3 Å². The summed E-state index contributed by atoms with van der Waals surface area (Å²) in [6, 6.07) is 16.2. The van der Waals surface area contributed by atoms with Gasteiger partial charge >= 0.3 is 0 Å². The number of carbonyl (C=O) groups is 1. The third kappa shape index (κ3) is 4.85. The molecule has 3 heteroatoms. The van der Waals surface area contributed by atoms with Gasteiger partial charge in [-0.15, -0.1) is 0 Å². The predicted octanol–water partition coefficient (Wildman–Crippen LogP) is 4.98. The van der Waals surface area contributed by atoms with Gasteiger partial charge < -0.3 is 10.6 Å². The summed E-state index contributed by atoms with van der Waals surface area (Å²) in [4.78, 5) is 12.2. The number of hydrogen-bond acceptors (Lipinski definition) is 2. The zero-order valence-corrected chi connectivity index (χ0v) is 14.4. The lowest BCUT2D eigenvalue weighted by Gasteiger charge is -2.14. The Labute approximate surface area is 139 Å². The fourth-order valence-corrected chi connectivity index (χ4v) is 2.48. The maximum absolute atomic E-state index is 12.2. The van der Waals surface area contributed by atoms with Crippen molar-refractivity contribution in [1.82, 2.24) is 0 Å². The zero-order valence-electron chi connectivity index (χ0n) is 14.4. The van der Waals surface area contributed by atoms with Crippen molar-refractivity contribution < 1.29 is 4.79 Å². The summed E-state index contributed by atoms with van der Waals surface area (Å²) < 4.78 is 0. The number of benzene rings is 2. The molecule has 0 bridgehead atoms. The standard InChI is InChI=1S/C20H26N2O/c1-14(2)16-9-11-17(12-10-16)21-13-20(23)22-19-8-6-5-7-18(19)15(3)4/h5-12,14-15,21H,13H2,1-4H3,(H,22,23). The van der Waals surface area contributed by atoms with Gasteiger partial charge in [-0.2, -0.15) is 0 Å². The molecule has 2 aromatic carbocycles. The first-order valence-electron chi connectivity index (χ1n) is 8.20. The van der Waals surface area contributed by atoms with Crippen LogP contribution in [0, 0.1) is 0 Å². The molecule has 0 aliphatic carbocycles. The normalized spacial score (nSPS) is 10.9. The molecule has 0 aliphatic heterocycles. The second kappa shape index (κ2) is 7.82. The van der Waals surface area contributed by atoms with Crippen molar-refractivity contribution in [2.45, 2.75) is 39.5 Å². The molecule has 1 amide bonds. The molecule has 0 atom stereocenters. The molecule has 0 saturated heterocycles. The van der Waals surface area contributed by atoms with E-state index in [0.717, 1.165) is 16.9 Å². The average molecular weight is 310 g/mol. The highest BCUT2D eigenvalue weighted by atomic mass is 16.1. The topological polar surface area (TPSA) is 41.1 Å². The largest absolute Gasteiger partial charge is 0.376 e. The molecule has 2 rings (SSSR count). The highest BCUT2D eigenvalue weighted by molar-refractivity contribution is 5.94. The molecule has 23 heavy (non-hydrogen) atoms. The van der Waals surface area contributed by atoms with E-state index in [0.29, 0.717) is 11.8 Å². The molecule has 0 radical (unpaired) electrons. The van der Waals surface area contributed by atoms with E-state index >= 15 is 0 Å². The van der Waals surface area contributed by atoms with E-state index in [9.17, 15) is 4.79 Å². The Bertz CT molecular complexity index is 645. The molecule has 3 nitrogen and oxygen atoms in total. The Hall–Kier alpha value is -2.29. The minimum absolute atomic E-state index is 0.0361. The summed E-state index contributed by atoms with van der Waals surface area (Å²) >= 11 is 0. The van der Waals surface area contributed by atoms with Crippen molar-refractivity contribution in [3.63, 3.8) is 0 Å². The van der Waals surface area contributed by atoms with Gasteiger partial charge in [-0.1, -0.05) is 58.0 Å². The second-order valence-electron chi connectivity index (χ2n) is 6.42. The van der Waals surface area contributed by atoms with Crippen LogP contribution in [0.4, 0.5) is 11.4 Å². The molecule has 122 valence electrons. The van der Waals surface area contributed by atoms with E-state index in [1.165, 1.54) is 5.56 Å². The van der Waals surface area contributed by atoms with Crippen LogP contribution in [0.2, 0.25) is 0 Å². The number of amides is 1. The van der Waals surface area contributed by atoms with E-state index in [2.05, 4.69) is 56.5 Å². The van der Waals surface area contributed by atoms with E-state index in [1.807, 2.05) is 30.3 Å². The lowest BCUT2D eigenvalue weighted by atomic mass is 10.0. The first-order valence-corrected chi connectivity index (χ1v) is 8.20. The van der Waals surface area contributed by atoms with Crippen molar-refractivity contribution in [1.29, 1.82) is 0 Å². The number of carbonyl (C=O) groups excluding carboxylic acids is 1. The summed E-state index contributed by atoms with van der Waals surface area (Å²) in [5, 5.41) is 6.16. The van der Waals surface area contributed by atoms with Gasteiger partial charge in [0, 0.05) is 11.4 Å². The number of anilines is 2. The van der Waals surface area contributed by atoms with Gasteiger partial charge in [0.15, 0.2) is 0 Å². The van der Waals surface area contributed by atoms with E-state index in [4.69, 9.17) is 0 Å². The minimum atomic E-state index is -0.0361. The zero-order chi connectivity index (χ0) is 16.8. The quantitative estimate of drug-likeness (QED) is 0.789. The second-order valence-corrected chi connectivity index (χ2v) is 6.42. The molecule has 0 heterocycles. The molecule has 0 fully saturated rings. The fraction of sp³-hybridized carbons (Fsp3) is 0.350. The summed E-state index contributed by atoms with van der Waals surface area (Å²) in [5.74, 6) is 0.856. The molecular weight excluding hydrogens is 284 g/mol. The van der Waals surface area contributed by atoms with Crippen LogP contribution in [0.15, 0.2) is 48.5 Å². The monoisotopic (exact) mass is 310 g/mol. The average Bonchev–Trinajstić information content (AvgIpc) is 2.53. The highest BCUT2D eigenvalue weighted by Crippen LogP contribution is 2.23. The SMILES string of the molecule is CC(C)c1ccc(NCC(=O)Nc2ccccc2C(C)C)cc1. The molecule has 2 N–H and O–H groups in total. The summed E-state index contributed by atoms with van der Waals surface area (Å²) in [6.07, 6.45) is 0. The molecule has 0 unspecified atom stereocenters. The van der Waals surface area contributed by atoms with E-state index in [1.54, 1.807) is 0 Å². The molecule has 0 aromatic heterocycles. The Kier molecular flexibility index (Phi) is 5.80. The van der Waals surface area contributed by atoms with Crippen LogP contribution in [0.1, 0.15) is 50.7 Å². The summed E-state index contributed by atoms with van der Waals surface area (Å²) in [5.41, 5.74) is 4.30. The Morgan fingerprint density at radius 2 is 1.57 bits per heavy atom. The maximum Gasteiger partial charge on any atom is 0.243 e. The molecule has 2 aromatic rings. The lowest BCUT2D eigenvalue weighted by molar-refractivity contribution is -0.114. The van der Waals surface area contributed by atoms with E-state index in [-0.39, 0.29) is 12.5 Å². The highest BCUT2D eigenvalue weighted by Gasteiger charge is 2.09. The molecule has 0 saturated carbocycles. The van der Waals surface area contributed by atoms with Gasteiger partial charge in [-0.3, -0.25) is 4.79 Å². The Morgan fingerprint density at radius 1 is 0.913 bits per heavy atom. The van der Waals surface area contributed by atoms with Crippen LogP contribution in [0.5, 0.6) is 0 Å². The molecular formula is C20H26N2O. The van der Waals surface area contributed by atoms with Gasteiger partial charge in [0.05, 0.1) is 6.54 Å². The maximum atomic E-state index is 12.2. The smallest absolute Gasteiger partial charge is 0.243 e. The number of hydrogen-bond donors (Lipinski definition) is 2. The summed E-state index contributed by atoms with van der Waals surface area (Å²) in [7, 11) is 0. The predicted molar refractivity (Wildman–Crippen MR) is 98.2 cm³/mol. The van der Waals surface area contributed by atoms with Gasteiger partial charge in [0.25, 0.3) is 0 Å². The summed E-state index contributed by atoms with van der Waals surface area (Å²) in [6.45, 7) is 8.84. The third-order valence-electron chi connectivity index (χ3n) is 3.89. The van der Waals surface area contributed by atoms with Crippen molar-refractivity contribution in [3.05, 3.63) is 59.7 Å². The fourth-order valence-electron chi connectivity index (χ4n) is 2.48. The lowest BCUT2D eigenvalue weighted by Crippen LogP contribution is -2.22.